The fourth-order valence-corrected chi connectivity index (χ4v) is 6.92. The first-order valence-corrected chi connectivity index (χ1v) is 23.2. The van der Waals surface area contributed by atoms with Gasteiger partial charge in [-0.15, -0.1) is 0 Å². The van der Waals surface area contributed by atoms with Gasteiger partial charge in [0, 0.05) is 19.4 Å². The molecule has 0 aliphatic carbocycles. The molecular formula is C42H82NO8P. The van der Waals surface area contributed by atoms with Gasteiger partial charge in [-0.25, -0.2) is 4.57 Å². The summed E-state index contributed by atoms with van der Waals surface area (Å²) in [6, 6.07) is 0. The Morgan fingerprint density at radius 1 is 0.558 bits per heavy atom. The second-order valence-electron chi connectivity index (χ2n) is 14.6. The summed E-state index contributed by atoms with van der Waals surface area (Å²) in [5, 5.41) is 0. The standard InChI is InChI=1S/C42H82NO8P/c1-3-5-7-9-11-13-15-17-18-19-20-21-22-23-25-26-28-30-32-34-41(44)48-38-40(39-50-52(46,47)49-37-36-43)51-42(45)35-33-31-29-27-24-16-14-12-10-8-6-4-2/h12,14,40H,3-11,13,15-39,43H2,1-2H3,(H,46,47)/b14-12-. The minimum atomic E-state index is -4.37. The van der Waals surface area contributed by atoms with Crippen LogP contribution in [0.5, 0.6) is 0 Å². The first-order chi connectivity index (χ1) is 25.3. The normalized spacial score (nSPS) is 13.4. The molecule has 10 heteroatoms. The number of rotatable bonds is 41. The van der Waals surface area contributed by atoms with Crippen molar-refractivity contribution in [3.63, 3.8) is 0 Å². The molecule has 9 nitrogen and oxygen atoms in total. The summed E-state index contributed by atoms with van der Waals surface area (Å²) < 4.78 is 32.7. The maximum atomic E-state index is 12.5. The average molecular weight is 760 g/mol. The summed E-state index contributed by atoms with van der Waals surface area (Å²) in [6.07, 6.45) is 39.6. The molecule has 0 fully saturated rings. The van der Waals surface area contributed by atoms with Crippen molar-refractivity contribution in [3.8, 4) is 0 Å². The van der Waals surface area contributed by atoms with E-state index in [1.165, 1.54) is 122 Å². The maximum absolute atomic E-state index is 12.5. The molecule has 2 atom stereocenters. The third-order valence-electron chi connectivity index (χ3n) is 9.40. The van der Waals surface area contributed by atoms with Crippen molar-refractivity contribution >= 4 is 19.8 Å². The number of ether oxygens (including phenoxy) is 2. The SMILES string of the molecule is CCCCC/C=C\CCCCCCCC(=O)OC(COC(=O)CCCCCCCCCCCCCCCCCCCCC)COP(=O)(O)OCCN. The molecule has 0 aliphatic heterocycles. The Bertz CT molecular complexity index is 871. The van der Waals surface area contributed by atoms with Crippen molar-refractivity contribution in [3.05, 3.63) is 12.2 Å². The lowest BCUT2D eigenvalue weighted by atomic mass is 10.0. The molecule has 2 unspecified atom stereocenters. The van der Waals surface area contributed by atoms with Crippen LogP contribution in [0.1, 0.15) is 213 Å². The van der Waals surface area contributed by atoms with E-state index in [9.17, 15) is 19.0 Å². The van der Waals surface area contributed by atoms with Crippen LogP contribution in [0.2, 0.25) is 0 Å². The summed E-state index contributed by atoms with van der Waals surface area (Å²) >= 11 is 0. The second-order valence-corrected chi connectivity index (χ2v) is 16.0. The number of hydrogen-bond acceptors (Lipinski definition) is 8. The van der Waals surface area contributed by atoms with Crippen LogP contribution in [-0.2, 0) is 32.7 Å². The van der Waals surface area contributed by atoms with Crippen molar-refractivity contribution in [2.45, 2.75) is 219 Å². The fraction of sp³-hybridized carbons (Fsp3) is 0.905. The monoisotopic (exact) mass is 760 g/mol. The minimum Gasteiger partial charge on any atom is -0.462 e. The average Bonchev–Trinajstić information content (AvgIpc) is 3.13. The highest BCUT2D eigenvalue weighted by Crippen LogP contribution is 2.43. The molecule has 0 saturated heterocycles. The van der Waals surface area contributed by atoms with E-state index in [1.54, 1.807) is 0 Å². The highest BCUT2D eigenvalue weighted by Gasteiger charge is 2.26. The molecule has 0 aromatic rings. The van der Waals surface area contributed by atoms with Crippen molar-refractivity contribution in [1.29, 1.82) is 0 Å². The van der Waals surface area contributed by atoms with E-state index in [2.05, 4.69) is 26.0 Å². The molecule has 52 heavy (non-hydrogen) atoms. The number of nitrogens with two attached hydrogens (primary N) is 1. The van der Waals surface area contributed by atoms with Gasteiger partial charge in [-0.1, -0.05) is 174 Å². The number of phosphoric acid groups is 1. The number of hydrogen-bond donors (Lipinski definition) is 2. The predicted molar refractivity (Wildman–Crippen MR) is 215 cm³/mol. The summed E-state index contributed by atoms with van der Waals surface area (Å²) in [4.78, 5) is 34.8. The molecule has 0 aromatic carbocycles. The van der Waals surface area contributed by atoms with E-state index in [0.29, 0.717) is 6.42 Å². The van der Waals surface area contributed by atoms with E-state index in [0.717, 1.165) is 57.8 Å². The van der Waals surface area contributed by atoms with Crippen molar-refractivity contribution in [1.82, 2.24) is 0 Å². The highest BCUT2D eigenvalue weighted by molar-refractivity contribution is 7.47. The molecule has 0 saturated carbocycles. The molecular weight excluding hydrogens is 677 g/mol. The molecule has 308 valence electrons. The van der Waals surface area contributed by atoms with Gasteiger partial charge >= 0.3 is 19.8 Å². The number of phosphoric ester groups is 1. The molecule has 0 heterocycles. The zero-order valence-corrected chi connectivity index (χ0v) is 34.7. The van der Waals surface area contributed by atoms with Gasteiger partial charge in [-0.05, 0) is 38.5 Å². The Kier molecular flexibility index (Phi) is 38.5. The summed E-state index contributed by atoms with van der Waals surface area (Å²) in [5.41, 5.74) is 5.34. The molecule has 0 rings (SSSR count). The van der Waals surface area contributed by atoms with Crippen molar-refractivity contribution < 1.29 is 37.6 Å². The first-order valence-electron chi connectivity index (χ1n) is 21.7. The number of esters is 2. The summed E-state index contributed by atoms with van der Waals surface area (Å²) in [6.45, 7) is 3.72. The van der Waals surface area contributed by atoms with Crippen LogP contribution >= 0.6 is 7.82 Å². The number of carbonyl (C=O) groups excluding carboxylic acids is 2. The predicted octanol–water partition coefficient (Wildman–Crippen LogP) is 12.2. The van der Waals surface area contributed by atoms with Gasteiger partial charge in [0.05, 0.1) is 13.2 Å². The number of unbranched alkanes of at least 4 members (excludes halogenated alkanes) is 26. The van der Waals surface area contributed by atoms with Crippen LogP contribution in [0.15, 0.2) is 12.2 Å². The van der Waals surface area contributed by atoms with Crippen LogP contribution in [0.4, 0.5) is 0 Å². The van der Waals surface area contributed by atoms with Crippen molar-refractivity contribution in [2.75, 3.05) is 26.4 Å². The van der Waals surface area contributed by atoms with Gasteiger partial charge in [-0.2, -0.15) is 0 Å². The Morgan fingerprint density at radius 2 is 0.942 bits per heavy atom. The summed E-state index contributed by atoms with van der Waals surface area (Å²) in [5.74, 6) is -0.829. The van der Waals surface area contributed by atoms with Gasteiger partial charge in [0.1, 0.15) is 6.61 Å². The Morgan fingerprint density at radius 3 is 1.40 bits per heavy atom. The van der Waals surface area contributed by atoms with E-state index < -0.39 is 26.5 Å². The zero-order valence-electron chi connectivity index (χ0n) is 33.8. The Balaban J connectivity index is 4.07. The van der Waals surface area contributed by atoms with Gasteiger partial charge in [0.2, 0.25) is 0 Å². The molecule has 3 N–H and O–H groups in total. The summed E-state index contributed by atoms with van der Waals surface area (Å²) in [7, 11) is -4.37. The third kappa shape index (κ3) is 38.5. The smallest absolute Gasteiger partial charge is 0.462 e. The molecule has 0 radical (unpaired) electrons. The zero-order chi connectivity index (χ0) is 38.2. The van der Waals surface area contributed by atoms with Crippen molar-refractivity contribution in [2.24, 2.45) is 5.73 Å². The van der Waals surface area contributed by atoms with E-state index in [-0.39, 0.29) is 38.6 Å². The van der Waals surface area contributed by atoms with E-state index >= 15 is 0 Å². The molecule has 0 spiro atoms. The Hall–Kier alpha value is -1.25. The third-order valence-corrected chi connectivity index (χ3v) is 10.4. The molecule has 0 bridgehead atoms. The fourth-order valence-electron chi connectivity index (χ4n) is 6.16. The van der Waals surface area contributed by atoms with Gasteiger partial charge in [0.15, 0.2) is 6.10 Å². The highest BCUT2D eigenvalue weighted by atomic mass is 31.2. The molecule has 0 aromatic heterocycles. The quantitative estimate of drug-likeness (QED) is 0.0270. The topological polar surface area (TPSA) is 134 Å². The Labute approximate surface area is 319 Å². The van der Waals surface area contributed by atoms with Gasteiger partial charge in [0.25, 0.3) is 0 Å². The van der Waals surface area contributed by atoms with E-state index in [4.69, 9.17) is 24.3 Å². The number of allylic oxidation sites excluding steroid dienone is 2. The van der Waals surface area contributed by atoms with Crippen LogP contribution < -0.4 is 5.73 Å². The maximum Gasteiger partial charge on any atom is 0.472 e. The van der Waals surface area contributed by atoms with Crippen LogP contribution in [0.25, 0.3) is 0 Å². The van der Waals surface area contributed by atoms with Gasteiger partial charge in [-0.3, -0.25) is 18.6 Å². The lowest BCUT2D eigenvalue weighted by molar-refractivity contribution is -0.161. The minimum absolute atomic E-state index is 0.0547. The second kappa shape index (κ2) is 39.4. The largest absolute Gasteiger partial charge is 0.472 e. The number of carbonyl (C=O) groups is 2. The lowest BCUT2D eigenvalue weighted by Gasteiger charge is -2.19. The van der Waals surface area contributed by atoms with Gasteiger partial charge < -0.3 is 20.1 Å². The van der Waals surface area contributed by atoms with E-state index in [1.807, 2.05) is 0 Å². The first kappa shape index (κ1) is 50.8. The molecule has 0 amide bonds. The lowest BCUT2D eigenvalue weighted by Crippen LogP contribution is -2.29. The van der Waals surface area contributed by atoms with Crippen LogP contribution in [-0.4, -0.2) is 49.3 Å². The van der Waals surface area contributed by atoms with Crippen LogP contribution in [0, 0.1) is 0 Å². The molecule has 0 aliphatic rings. The van der Waals surface area contributed by atoms with Crippen LogP contribution in [0.3, 0.4) is 0 Å².